The number of nitrogens with one attached hydrogen (secondary N) is 2. The van der Waals surface area contributed by atoms with Gasteiger partial charge in [-0.1, -0.05) is 24.3 Å². The Bertz CT molecular complexity index is 1030. The fourth-order valence-electron chi connectivity index (χ4n) is 3.85. The third-order valence-electron chi connectivity index (χ3n) is 5.63. The van der Waals surface area contributed by atoms with Gasteiger partial charge in [-0.15, -0.1) is 0 Å². The number of rotatable bonds is 8. The molecule has 0 unspecified atom stereocenters. The zero-order chi connectivity index (χ0) is 22.7. The Hall–Kier alpha value is -3.68. The van der Waals surface area contributed by atoms with Gasteiger partial charge >= 0.3 is 0 Å². The molecule has 2 aromatic carbocycles. The molecule has 2 saturated heterocycles. The van der Waals surface area contributed by atoms with Gasteiger partial charge in [0.05, 0.1) is 24.5 Å². The third kappa shape index (κ3) is 4.96. The van der Waals surface area contributed by atoms with E-state index in [0.29, 0.717) is 24.5 Å². The molecular weight excluding hydrogens is 412 g/mol. The normalized spacial score (nSPS) is 21.3. The summed E-state index contributed by atoms with van der Waals surface area (Å²) >= 11 is 0. The second-order valence-electron chi connectivity index (χ2n) is 8.04. The van der Waals surface area contributed by atoms with Gasteiger partial charge < -0.3 is 9.47 Å². The lowest BCUT2D eigenvalue weighted by Crippen LogP contribution is -2.21. The lowest BCUT2D eigenvalue weighted by molar-refractivity contribution is -0.126. The van der Waals surface area contributed by atoms with Crippen molar-refractivity contribution in [1.82, 2.24) is 10.6 Å². The second-order valence-corrected chi connectivity index (χ2v) is 8.04. The van der Waals surface area contributed by atoms with Crippen molar-refractivity contribution in [2.75, 3.05) is 6.61 Å². The van der Waals surface area contributed by atoms with E-state index in [1.54, 1.807) is 48.5 Å². The van der Waals surface area contributed by atoms with Crippen molar-refractivity contribution in [1.29, 1.82) is 0 Å². The lowest BCUT2D eigenvalue weighted by Gasteiger charge is -2.16. The molecule has 2 aliphatic heterocycles. The van der Waals surface area contributed by atoms with E-state index in [2.05, 4.69) is 10.6 Å². The summed E-state index contributed by atoms with van der Waals surface area (Å²) in [7, 11) is 0. The summed E-state index contributed by atoms with van der Waals surface area (Å²) in [5, 5.41) is 4.63. The zero-order valence-electron chi connectivity index (χ0n) is 17.6. The molecule has 0 spiro atoms. The molecule has 2 N–H and O–H groups in total. The van der Waals surface area contributed by atoms with Gasteiger partial charge in [0.2, 0.25) is 23.6 Å². The molecule has 0 radical (unpaired) electrons. The summed E-state index contributed by atoms with van der Waals surface area (Å²) in [5.41, 5.74) is 1.58. The fourth-order valence-corrected chi connectivity index (χ4v) is 3.85. The van der Waals surface area contributed by atoms with Crippen LogP contribution in [0.4, 0.5) is 0 Å². The standard InChI is InChI=1S/C24H24N2O6/c1-14(32-18-8-4-16(5-9-18)20-13-22(28)26-24(20)30)10-11-31-17-6-2-15(3-7-17)19-12-21(27)25-23(19)29/h2-9,14,19-20H,10-13H2,1H3,(H,25,27,29)(H,26,28,30)/t14-,19+,20+/m1/s1. The quantitative estimate of drug-likeness (QED) is 0.614. The molecule has 0 aromatic heterocycles. The molecule has 2 aliphatic rings. The highest BCUT2D eigenvalue weighted by Crippen LogP contribution is 2.27. The average molecular weight is 436 g/mol. The molecule has 2 aromatic rings. The highest BCUT2D eigenvalue weighted by atomic mass is 16.5. The summed E-state index contributed by atoms with van der Waals surface area (Å²) < 4.78 is 11.7. The highest BCUT2D eigenvalue weighted by Gasteiger charge is 2.32. The minimum Gasteiger partial charge on any atom is -0.493 e. The van der Waals surface area contributed by atoms with Crippen LogP contribution in [0.15, 0.2) is 48.5 Å². The van der Waals surface area contributed by atoms with Crippen molar-refractivity contribution in [3.8, 4) is 11.5 Å². The first-order valence-electron chi connectivity index (χ1n) is 10.6. The second kappa shape index (κ2) is 9.21. The molecular formula is C24H24N2O6. The van der Waals surface area contributed by atoms with Gasteiger partial charge in [0.1, 0.15) is 11.5 Å². The molecule has 0 saturated carbocycles. The van der Waals surface area contributed by atoms with Crippen LogP contribution in [-0.4, -0.2) is 36.3 Å². The molecule has 0 aliphatic carbocycles. The molecule has 8 heteroatoms. The van der Waals surface area contributed by atoms with Crippen LogP contribution in [0.1, 0.15) is 49.1 Å². The van der Waals surface area contributed by atoms with Gasteiger partial charge in [-0.25, -0.2) is 0 Å². The fraction of sp³-hybridized carbons (Fsp3) is 0.333. The van der Waals surface area contributed by atoms with E-state index in [1.165, 1.54) is 0 Å². The van der Waals surface area contributed by atoms with Crippen molar-refractivity contribution in [2.45, 2.75) is 44.1 Å². The molecule has 2 fully saturated rings. The van der Waals surface area contributed by atoms with Gasteiger partial charge in [-0.05, 0) is 42.3 Å². The first-order chi connectivity index (χ1) is 15.4. The lowest BCUT2D eigenvalue weighted by atomic mass is 9.97. The molecule has 4 rings (SSSR count). The Morgan fingerprint density at radius 1 is 0.781 bits per heavy atom. The van der Waals surface area contributed by atoms with Crippen molar-refractivity contribution >= 4 is 23.6 Å². The van der Waals surface area contributed by atoms with Gasteiger partial charge in [0, 0.05) is 19.3 Å². The van der Waals surface area contributed by atoms with Crippen LogP contribution in [0.5, 0.6) is 11.5 Å². The average Bonchev–Trinajstić information content (AvgIpc) is 3.28. The van der Waals surface area contributed by atoms with Gasteiger partial charge in [-0.2, -0.15) is 0 Å². The van der Waals surface area contributed by atoms with Crippen molar-refractivity contribution in [3.63, 3.8) is 0 Å². The van der Waals surface area contributed by atoms with Crippen LogP contribution in [0, 0.1) is 0 Å². The van der Waals surface area contributed by atoms with E-state index in [1.807, 2.05) is 6.92 Å². The predicted octanol–water partition coefficient (Wildman–Crippen LogP) is 2.18. The van der Waals surface area contributed by atoms with Crippen LogP contribution >= 0.6 is 0 Å². The minimum atomic E-state index is -0.433. The van der Waals surface area contributed by atoms with Crippen molar-refractivity contribution < 1.29 is 28.7 Å². The summed E-state index contributed by atoms with van der Waals surface area (Å²) in [6.45, 7) is 2.39. The third-order valence-corrected chi connectivity index (χ3v) is 5.63. The zero-order valence-corrected chi connectivity index (χ0v) is 17.6. The Labute approximate surface area is 185 Å². The van der Waals surface area contributed by atoms with Crippen LogP contribution < -0.4 is 20.1 Å². The molecule has 32 heavy (non-hydrogen) atoms. The first kappa shape index (κ1) is 21.5. The van der Waals surface area contributed by atoms with Crippen molar-refractivity contribution in [2.24, 2.45) is 0 Å². The maximum Gasteiger partial charge on any atom is 0.234 e. The number of amides is 4. The van der Waals surface area contributed by atoms with E-state index in [9.17, 15) is 19.2 Å². The van der Waals surface area contributed by atoms with Crippen molar-refractivity contribution in [3.05, 3.63) is 59.7 Å². The van der Waals surface area contributed by atoms with E-state index in [-0.39, 0.29) is 42.6 Å². The number of carbonyl (C=O) groups is 4. The van der Waals surface area contributed by atoms with Crippen LogP contribution in [-0.2, 0) is 19.2 Å². The van der Waals surface area contributed by atoms with Crippen LogP contribution in [0.2, 0.25) is 0 Å². The van der Waals surface area contributed by atoms with Gasteiger partial charge in [0.25, 0.3) is 0 Å². The first-order valence-corrected chi connectivity index (χ1v) is 10.6. The van der Waals surface area contributed by atoms with Gasteiger partial charge in [0.15, 0.2) is 0 Å². The number of carbonyl (C=O) groups excluding carboxylic acids is 4. The summed E-state index contributed by atoms with van der Waals surface area (Å²) in [4.78, 5) is 46.3. The largest absolute Gasteiger partial charge is 0.493 e. The summed E-state index contributed by atoms with van der Waals surface area (Å²) in [6, 6.07) is 14.4. The molecule has 0 bridgehead atoms. The molecule has 3 atom stereocenters. The Kier molecular flexibility index (Phi) is 6.20. The maximum atomic E-state index is 11.8. The molecule has 4 amide bonds. The van der Waals surface area contributed by atoms with E-state index >= 15 is 0 Å². The Morgan fingerprint density at radius 3 is 1.69 bits per heavy atom. The Balaban J connectivity index is 1.22. The molecule has 166 valence electrons. The number of benzene rings is 2. The van der Waals surface area contributed by atoms with Crippen LogP contribution in [0.25, 0.3) is 0 Å². The summed E-state index contributed by atoms with van der Waals surface area (Å²) in [5.74, 6) is -0.521. The Morgan fingerprint density at radius 2 is 1.25 bits per heavy atom. The van der Waals surface area contributed by atoms with Gasteiger partial charge in [-0.3, -0.25) is 29.8 Å². The van der Waals surface area contributed by atoms with E-state index in [0.717, 1.165) is 11.1 Å². The highest BCUT2D eigenvalue weighted by molar-refractivity contribution is 6.06. The monoisotopic (exact) mass is 436 g/mol. The smallest absolute Gasteiger partial charge is 0.234 e. The van der Waals surface area contributed by atoms with E-state index in [4.69, 9.17) is 9.47 Å². The minimum absolute atomic E-state index is 0.0929. The van der Waals surface area contributed by atoms with E-state index < -0.39 is 11.8 Å². The predicted molar refractivity (Wildman–Crippen MR) is 114 cm³/mol. The number of imide groups is 2. The maximum absolute atomic E-state index is 11.8. The molecule has 2 heterocycles. The number of hydrogen-bond donors (Lipinski definition) is 2. The summed E-state index contributed by atoms with van der Waals surface area (Å²) in [6.07, 6.45) is 0.924. The topological polar surface area (TPSA) is 111 Å². The number of ether oxygens (including phenoxy) is 2. The van der Waals surface area contributed by atoms with Crippen LogP contribution in [0.3, 0.4) is 0 Å². The number of hydrogen-bond acceptors (Lipinski definition) is 6. The SMILES string of the molecule is C[C@H](CCOc1ccc([C@@H]2CC(=O)NC2=O)cc1)Oc1ccc([C@@H]2CC(=O)NC2=O)cc1. The molecule has 8 nitrogen and oxygen atoms in total.